The van der Waals surface area contributed by atoms with Gasteiger partial charge in [-0.3, -0.25) is 4.79 Å². The van der Waals surface area contributed by atoms with Gasteiger partial charge in [0.05, 0.1) is 12.3 Å². The van der Waals surface area contributed by atoms with Crippen LogP contribution in [-0.2, 0) is 37.0 Å². The number of hydrogen-bond donors (Lipinski definition) is 2. The molecule has 0 bridgehead atoms. The van der Waals surface area contributed by atoms with Crippen LogP contribution >= 0.6 is 0 Å². The summed E-state index contributed by atoms with van der Waals surface area (Å²) in [6.45, 7) is 2.72. The first-order chi connectivity index (χ1) is 12.2. The quantitative estimate of drug-likeness (QED) is 0.889. The Morgan fingerprint density at radius 2 is 2.00 bits per heavy atom. The normalized spacial score (nSPS) is 19.5. The summed E-state index contributed by atoms with van der Waals surface area (Å²) in [4.78, 5) is 17.4. The van der Waals surface area contributed by atoms with Crippen LogP contribution in [0.5, 0.6) is 0 Å². The first-order valence-corrected chi connectivity index (χ1v) is 9.18. The molecule has 2 aliphatic rings. The van der Waals surface area contributed by atoms with Crippen molar-refractivity contribution in [2.75, 3.05) is 6.61 Å². The zero-order chi connectivity index (χ0) is 17.4. The van der Waals surface area contributed by atoms with E-state index in [1.54, 1.807) is 0 Å². The van der Waals surface area contributed by atoms with Crippen molar-refractivity contribution < 1.29 is 9.90 Å². The molecule has 0 aliphatic heterocycles. The number of amides is 1. The number of fused-ring (bicyclic) bond motifs is 2. The second-order valence-corrected chi connectivity index (χ2v) is 7.25. The van der Waals surface area contributed by atoms with Gasteiger partial charge in [0.2, 0.25) is 5.91 Å². The largest absolute Gasteiger partial charge is 0.395 e. The molecule has 0 radical (unpaired) electrons. The molecule has 0 saturated carbocycles. The van der Waals surface area contributed by atoms with Gasteiger partial charge in [0.1, 0.15) is 5.82 Å². The molecule has 5 nitrogen and oxygen atoms in total. The third-order valence-electron chi connectivity index (χ3n) is 5.61. The zero-order valence-electron chi connectivity index (χ0n) is 14.7. The number of aromatic nitrogens is 2. The van der Waals surface area contributed by atoms with Gasteiger partial charge in [-0.1, -0.05) is 24.3 Å². The summed E-state index contributed by atoms with van der Waals surface area (Å²) in [5, 5.41) is 12.5. The molecule has 1 amide bonds. The summed E-state index contributed by atoms with van der Waals surface area (Å²) >= 11 is 0. The van der Waals surface area contributed by atoms with Crippen molar-refractivity contribution in [1.29, 1.82) is 0 Å². The van der Waals surface area contributed by atoms with Gasteiger partial charge < -0.3 is 15.0 Å². The predicted octanol–water partition coefficient (Wildman–Crippen LogP) is 1.57. The standard InChI is InChI=1S/C20H25N3O2/c1-13-21-18-12-17(6-7-19(18)23(13)8-9-24)22-20(25)16-10-14-4-2-3-5-15(14)11-16/h2-5,16-17,24H,6-12H2,1H3,(H,22,25). The highest BCUT2D eigenvalue weighted by molar-refractivity contribution is 5.80. The summed E-state index contributed by atoms with van der Waals surface area (Å²) in [6, 6.07) is 8.53. The van der Waals surface area contributed by atoms with Crippen LogP contribution in [0, 0.1) is 12.8 Å². The first-order valence-electron chi connectivity index (χ1n) is 9.18. The molecule has 1 heterocycles. The summed E-state index contributed by atoms with van der Waals surface area (Å²) in [6.07, 6.45) is 4.34. The Labute approximate surface area is 148 Å². The molecule has 25 heavy (non-hydrogen) atoms. The Balaban J connectivity index is 1.40. The van der Waals surface area contributed by atoms with E-state index in [-0.39, 0.29) is 24.5 Å². The average Bonchev–Trinajstić information content (AvgIpc) is 3.16. The number of carbonyl (C=O) groups is 1. The Morgan fingerprint density at radius 3 is 2.68 bits per heavy atom. The number of carbonyl (C=O) groups excluding carboxylic acids is 1. The monoisotopic (exact) mass is 339 g/mol. The molecule has 2 aromatic rings. The van der Waals surface area contributed by atoms with E-state index in [9.17, 15) is 9.90 Å². The van der Waals surface area contributed by atoms with Crippen molar-refractivity contribution in [2.24, 2.45) is 5.92 Å². The van der Waals surface area contributed by atoms with Gasteiger partial charge in [-0.25, -0.2) is 4.98 Å². The lowest BCUT2D eigenvalue weighted by atomic mass is 9.94. The van der Waals surface area contributed by atoms with E-state index in [0.29, 0.717) is 6.54 Å². The van der Waals surface area contributed by atoms with Crippen LogP contribution in [0.15, 0.2) is 24.3 Å². The van der Waals surface area contributed by atoms with Gasteiger partial charge in [-0.05, 0) is 43.7 Å². The van der Waals surface area contributed by atoms with Crippen molar-refractivity contribution in [1.82, 2.24) is 14.9 Å². The molecule has 0 saturated heterocycles. The van der Waals surface area contributed by atoms with Crippen molar-refractivity contribution in [2.45, 2.75) is 51.6 Å². The third kappa shape index (κ3) is 3.09. The molecule has 1 aromatic carbocycles. The fourth-order valence-electron chi connectivity index (χ4n) is 4.34. The smallest absolute Gasteiger partial charge is 0.224 e. The highest BCUT2D eigenvalue weighted by Crippen LogP contribution is 2.28. The van der Waals surface area contributed by atoms with E-state index >= 15 is 0 Å². The van der Waals surface area contributed by atoms with Crippen molar-refractivity contribution in [3.63, 3.8) is 0 Å². The lowest BCUT2D eigenvalue weighted by molar-refractivity contribution is -0.125. The van der Waals surface area contributed by atoms with E-state index in [2.05, 4.69) is 27.0 Å². The van der Waals surface area contributed by atoms with E-state index in [4.69, 9.17) is 0 Å². The van der Waals surface area contributed by atoms with Gasteiger partial charge >= 0.3 is 0 Å². The number of imidazole rings is 1. The number of aliphatic hydroxyl groups excluding tert-OH is 1. The van der Waals surface area contributed by atoms with E-state index in [0.717, 1.165) is 43.6 Å². The van der Waals surface area contributed by atoms with Gasteiger partial charge in [-0.15, -0.1) is 0 Å². The maximum absolute atomic E-state index is 12.7. The molecule has 4 rings (SSSR count). The summed E-state index contributed by atoms with van der Waals surface area (Å²) in [7, 11) is 0. The summed E-state index contributed by atoms with van der Waals surface area (Å²) in [5.41, 5.74) is 4.93. The lowest BCUT2D eigenvalue weighted by Crippen LogP contribution is -2.42. The lowest BCUT2D eigenvalue weighted by Gasteiger charge is -2.25. The first kappa shape index (κ1) is 16.3. The average molecular weight is 339 g/mol. The number of nitrogens with one attached hydrogen (secondary N) is 1. The minimum absolute atomic E-state index is 0.0625. The number of hydrogen-bond acceptors (Lipinski definition) is 3. The van der Waals surface area contributed by atoms with Crippen LogP contribution < -0.4 is 5.32 Å². The number of nitrogens with zero attached hydrogens (tertiary/aromatic N) is 2. The molecule has 1 atom stereocenters. The van der Waals surface area contributed by atoms with Gasteiger partial charge in [0.15, 0.2) is 0 Å². The van der Waals surface area contributed by atoms with Crippen LogP contribution in [0.25, 0.3) is 0 Å². The topological polar surface area (TPSA) is 67.2 Å². The molecular formula is C20H25N3O2. The molecule has 132 valence electrons. The Morgan fingerprint density at radius 1 is 1.28 bits per heavy atom. The molecule has 1 unspecified atom stereocenters. The molecule has 1 aromatic heterocycles. The number of aryl methyl sites for hydroxylation is 1. The molecule has 0 fully saturated rings. The van der Waals surface area contributed by atoms with Gasteiger partial charge in [0.25, 0.3) is 0 Å². The Hall–Kier alpha value is -2.14. The van der Waals surface area contributed by atoms with Crippen LogP contribution in [0.1, 0.15) is 34.8 Å². The van der Waals surface area contributed by atoms with E-state index in [1.165, 1.54) is 16.8 Å². The molecule has 5 heteroatoms. The fraction of sp³-hybridized carbons (Fsp3) is 0.500. The molecule has 2 N–H and O–H groups in total. The zero-order valence-corrected chi connectivity index (χ0v) is 14.7. The van der Waals surface area contributed by atoms with Crippen LogP contribution in [0.2, 0.25) is 0 Å². The van der Waals surface area contributed by atoms with Gasteiger partial charge in [-0.2, -0.15) is 0 Å². The molecular weight excluding hydrogens is 314 g/mol. The second-order valence-electron chi connectivity index (χ2n) is 7.25. The second kappa shape index (κ2) is 6.64. The number of benzene rings is 1. The van der Waals surface area contributed by atoms with E-state index in [1.807, 2.05) is 19.1 Å². The van der Waals surface area contributed by atoms with Crippen LogP contribution in [0.3, 0.4) is 0 Å². The third-order valence-corrected chi connectivity index (χ3v) is 5.61. The maximum atomic E-state index is 12.7. The highest BCUT2D eigenvalue weighted by Gasteiger charge is 2.30. The van der Waals surface area contributed by atoms with Crippen molar-refractivity contribution in [3.8, 4) is 0 Å². The molecule has 2 aliphatic carbocycles. The van der Waals surface area contributed by atoms with Gasteiger partial charge in [0, 0.05) is 30.6 Å². The Bertz CT molecular complexity index is 771. The SMILES string of the molecule is Cc1nc2c(n1CCO)CCC(NC(=O)C1Cc3ccccc3C1)C2. The maximum Gasteiger partial charge on any atom is 0.224 e. The minimum Gasteiger partial charge on any atom is -0.395 e. The summed E-state index contributed by atoms with van der Waals surface area (Å²) < 4.78 is 2.11. The van der Waals surface area contributed by atoms with Crippen molar-refractivity contribution in [3.05, 3.63) is 52.6 Å². The molecule has 0 spiro atoms. The van der Waals surface area contributed by atoms with Crippen LogP contribution in [0.4, 0.5) is 0 Å². The summed E-state index contributed by atoms with van der Waals surface area (Å²) in [5.74, 6) is 1.20. The van der Waals surface area contributed by atoms with E-state index < -0.39 is 0 Å². The number of aliphatic hydroxyl groups is 1. The Kier molecular flexibility index (Phi) is 4.34. The minimum atomic E-state index is 0.0625. The van der Waals surface area contributed by atoms with Crippen LogP contribution in [-0.4, -0.2) is 33.2 Å². The van der Waals surface area contributed by atoms with Crippen molar-refractivity contribution >= 4 is 5.91 Å². The fourth-order valence-corrected chi connectivity index (χ4v) is 4.34. The predicted molar refractivity (Wildman–Crippen MR) is 95.3 cm³/mol. The number of rotatable bonds is 4. The highest BCUT2D eigenvalue weighted by atomic mass is 16.3.